The van der Waals surface area contributed by atoms with Gasteiger partial charge in [0.05, 0.1) is 0 Å². The molecule has 3 rings (SSSR count). The minimum Gasteiger partial charge on any atom is -0.353 e. The Morgan fingerprint density at radius 1 is 1.23 bits per heavy atom. The third kappa shape index (κ3) is 4.48. The lowest BCUT2D eigenvalue weighted by molar-refractivity contribution is 0.374. The number of aliphatic imine (C=N–C) groups is 1. The van der Waals surface area contributed by atoms with Gasteiger partial charge in [-0.15, -0.1) is 24.0 Å². The summed E-state index contributed by atoms with van der Waals surface area (Å²) in [7, 11) is 1.89. The van der Waals surface area contributed by atoms with E-state index in [1.807, 2.05) is 7.05 Å². The van der Waals surface area contributed by atoms with Crippen molar-refractivity contribution in [3.8, 4) is 0 Å². The Morgan fingerprint density at radius 2 is 1.86 bits per heavy atom. The Labute approximate surface area is 150 Å². The van der Waals surface area contributed by atoms with E-state index in [0.717, 1.165) is 37.8 Å². The summed E-state index contributed by atoms with van der Waals surface area (Å²) in [6, 6.07) is 11.3. The van der Waals surface area contributed by atoms with Crippen LogP contribution >= 0.6 is 24.0 Å². The van der Waals surface area contributed by atoms with Gasteiger partial charge in [-0.2, -0.15) is 0 Å². The van der Waals surface area contributed by atoms with E-state index in [1.54, 1.807) is 5.57 Å². The maximum absolute atomic E-state index is 4.45. The largest absolute Gasteiger partial charge is 0.353 e. The van der Waals surface area contributed by atoms with Gasteiger partial charge in [-0.25, -0.2) is 0 Å². The summed E-state index contributed by atoms with van der Waals surface area (Å²) < 4.78 is 0. The molecule has 120 valence electrons. The molecule has 1 aliphatic carbocycles. The van der Waals surface area contributed by atoms with Gasteiger partial charge in [-0.1, -0.05) is 48.9 Å². The molecule has 0 radical (unpaired) electrons. The van der Waals surface area contributed by atoms with Crippen molar-refractivity contribution in [1.82, 2.24) is 10.2 Å². The fraction of sp³-hybridized carbons (Fsp3) is 0.500. The average molecular weight is 411 g/mol. The molecule has 1 saturated carbocycles. The van der Waals surface area contributed by atoms with E-state index in [9.17, 15) is 0 Å². The number of rotatable bonds is 2. The van der Waals surface area contributed by atoms with Gasteiger partial charge < -0.3 is 10.2 Å². The van der Waals surface area contributed by atoms with Crippen LogP contribution in [0.5, 0.6) is 0 Å². The second-order valence-corrected chi connectivity index (χ2v) is 6.21. The van der Waals surface area contributed by atoms with Crippen LogP contribution in [0.4, 0.5) is 0 Å². The molecule has 0 spiro atoms. The lowest BCUT2D eigenvalue weighted by Crippen LogP contribution is -2.45. The molecule has 4 heteroatoms. The molecule has 1 saturated heterocycles. The minimum absolute atomic E-state index is 0. The van der Waals surface area contributed by atoms with Crippen molar-refractivity contribution >= 4 is 36.0 Å². The minimum atomic E-state index is 0. The highest BCUT2D eigenvalue weighted by Crippen LogP contribution is 2.29. The van der Waals surface area contributed by atoms with Crippen LogP contribution in [0.1, 0.15) is 31.7 Å². The van der Waals surface area contributed by atoms with E-state index in [2.05, 4.69) is 58.5 Å². The molecule has 0 bridgehead atoms. The first-order chi connectivity index (χ1) is 10.3. The monoisotopic (exact) mass is 411 g/mol. The molecule has 2 unspecified atom stereocenters. The van der Waals surface area contributed by atoms with Gasteiger partial charge >= 0.3 is 0 Å². The highest BCUT2D eigenvalue weighted by molar-refractivity contribution is 14.0. The first-order valence-electron chi connectivity index (χ1n) is 7.99. The zero-order valence-corrected chi connectivity index (χ0v) is 15.8. The van der Waals surface area contributed by atoms with Crippen LogP contribution in [-0.4, -0.2) is 37.0 Å². The summed E-state index contributed by atoms with van der Waals surface area (Å²) in [5, 5.41) is 3.58. The highest BCUT2D eigenvalue weighted by Gasteiger charge is 2.34. The summed E-state index contributed by atoms with van der Waals surface area (Å²) in [6.07, 6.45) is 5.90. The molecule has 1 N–H and O–H groups in total. The van der Waals surface area contributed by atoms with Crippen LogP contribution in [-0.2, 0) is 0 Å². The van der Waals surface area contributed by atoms with Crippen molar-refractivity contribution in [2.45, 2.75) is 32.2 Å². The van der Waals surface area contributed by atoms with Crippen molar-refractivity contribution in [3.05, 3.63) is 41.5 Å². The van der Waals surface area contributed by atoms with Gasteiger partial charge in [0, 0.05) is 26.2 Å². The van der Waals surface area contributed by atoms with Gasteiger partial charge in [-0.3, -0.25) is 4.99 Å². The number of likely N-dealkylation sites (tertiary alicyclic amines) is 1. The molecule has 3 nitrogen and oxygen atoms in total. The maximum Gasteiger partial charge on any atom is 0.193 e. The third-order valence-corrected chi connectivity index (χ3v) is 4.51. The number of piperidine rings is 1. The van der Waals surface area contributed by atoms with Crippen LogP contribution < -0.4 is 5.32 Å². The molecular formula is C18H26IN3. The zero-order valence-electron chi connectivity index (χ0n) is 13.5. The van der Waals surface area contributed by atoms with E-state index >= 15 is 0 Å². The number of benzene rings is 1. The Bertz CT molecular complexity index is 529. The first kappa shape index (κ1) is 17.3. The molecular weight excluding hydrogens is 385 g/mol. The number of guanidine groups is 1. The molecule has 1 heterocycles. The lowest BCUT2D eigenvalue weighted by atomic mass is 10.0. The van der Waals surface area contributed by atoms with Crippen LogP contribution in [0.15, 0.2) is 40.9 Å². The highest BCUT2D eigenvalue weighted by atomic mass is 127. The summed E-state index contributed by atoms with van der Waals surface area (Å²) in [5.74, 6) is 1.89. The Balaban J connectivity index is 0.00000176. The number of hydrogen-bond donors (Lipinski definition) is 1. The van der Waals surface area contributed by atoms with E-state index in [1.165, 1.54) is 12.0 Å². The average Bonchev–Trinajstić information content (AvgIpc) is 3.22. The Kier molecular flexibility index (Phi) is 6.29. The van der Waals surface area contributed by atoms with E-state index in [-0.39, 0.29) is 24.0 Å². The molecule has 2 aliphatic rings. The number of nitrogens with one attached hydrogen (secondary N) is 1. The lowest BCUT2D eigenvalue weighted by Gasteiger charge is -2.31. The van der Waals surface area contributed by atoms with Crippen molar-refractivity contribution in [2.24, 2.45) is 10.9 Å². The predicted octanol–water partition coefficient (Wildman–Crippen LogP) is 3.77. The topological polar surface area (TPSA) is 27.6 Å². The van der Waals surface area contributed by atoms with Gasteiger partial charge in [0.1, 0.15) is 0 Å². The van der Waals surface area contributed by atoms with Crippen molar-refractivity contribution in [1.29, 1.82) is 0 Å². The fourth-order valence-electron chi connectivity index (χ4n) is 2.92. The maximum atomic E-state index is 4.45. The van der Waals surface area contributed by atoms with Gasteiger partial charge in [-0.05, 0) is 30.7 Å². The molecule has 0 aromatic heterocycles. The molecule has 22 heavy (non-hydrogen) atoms. The molecule has 1 aromatic rings. The number of nitrogens with zero attached hydrogens (tertiary/aromatic N) is 2. The smallest absolute Gasteiger partial charge is 0.193 e. The van der Waals surface area contributed by atoms with Crippen molar-refractivity contribution in [2.75, 3.05) is 20.1 Å². The summed E-state index contributed by atoms with van der Waals surface area (Å²) in [4.78, 5) is 6.84. The Hall–Kier alpha value is -1.04. The molecule has 2 fully saturated rings. The van der Waals surface area contributed by atoms with E-state index < -0.39 is 0 Å². The summed E-state index contributed by atoms with van der Waals surface area (Å²) >= 11 is 0. The van der Waals surface area contributed by atoms with Crippen LogP contribution in [0.2, 0.25) is 0 Å². The predicted molar refractivity (Wildman–Crippen MR) is 105 cm³/mol. The second kappa shape index (κ2) is 7.99. The molecule has 1 aromatic carbocycles. The first-order valence-corrected chi connectivity index (χ1v) is 7.99. The van der Waals surface area contributed by atoms with Crippen LogP contribution in [0.3, 0.4) is 0 Å². The van der Waals surface area contributed by atoms with Gasteiger partial charge in [0.15, 0.2) is 5.96 Å². The van der Waals surface area contributed by atoms with E-state index in [0.29, 0.717) is 6.04 Å². The molecule has 2 atom stereocenters. The summed E-state index contributed by atoms with van der Waals surface area (Å²) in [6.45, 7) is 4.43. The normalized spacial score (nSPS) is 24.5. The van der Waals surface area contributed by atoms with Crippen molar-refractivity contribution in [3.63, 3.8) is 0 Å². The van der Waals surface area contributed by atoms with Crippen molar-refractivity contribution < 1.29 is 0 Å². The van der Waals surface area contributed by atoms with E-state index in [4.69, 9.17) is 0 Å². The SMILES string of the molecule is CN=C(NC1CC1C)N1CCC(=Cc2ccccc2)CC1.I. The summed E-state index contributed by atoms with van der Waals surface area (Å²) in [5.41, 5.74) is 2.86. The third-order valence-electron chi connectivity index (χ3n) is 4.51. The standard InChI is InChI=1S/C18H25N3.HI/c1-14-12-17(14)20-18(19-2)21-10-8-16(9-11-21)13-15-6-4-3-5-7-15;/h3-7,13-14,17H,8-12H2,1-2H3,(H,19,20);1H. The van der Waals surface area contributed by atoms with Gasteiger partial charge in [0.2, 0.25) is 0 Å². The van der Waals surface area contributed by atoms with Crippen LogP contribution in [0.25, 0.3) is 6.08 Å². The second-order valence-electron chi connectivity index (χ2n) is 6.21. The molecule has 1 aliphatic heterocycles. The Morgan fingerprint density at radius 3 is 2.41 bits per heavy atom. The quantitative estimate of drug-likeness (QED) is 0.456. The van der Waals surface area contributed by atoms with Crippen LogP contribution in [0, 0.1) is 5.92 Å². The zero-order chi connectivity index (χ0) is 14.7. The number of hydrogen-bond acceptors (Lipinski definition) is 1. The van der Waals surface area contributed by atoms with Gasteiger partial charge in [0.25, 0.3) is 0 Å². The fourth-order valence-corrected chi connectivity index (χ4v) is 2.92. The molecule has 0 amide bonds. The number of halogens is 1.